The normalized spacial score (nSPS) is 20.3. The molecule has 0 aliphatic carbocycles. The number of aromatic nitrogens is 4. The third-order valence-electron chi connectivity index (χ3n) is 10.0. The average Bonchev–Trinajstić information content (AvgIpc) is 3.84. The maximum Gasteiger partial charge on any atom is 0.481 e. The van der Waals surface area contributed by atoms with E-state index in [1.54, 1.807) is 0 Å². The topological polar surface area (TPSA) is 364 Å². The van der Waals surface area contributed by atoms with Gasteiger partial charge in [-0.15, -0.1) is 0 Å². The summed E-state index contributed by atoms with van der Waals surface area (Å²) in [6.07, 6.45) is 20.1. The minimum atomic E-state index is -5.58. The van der Waals surface area contributed by atoms with Crippen molar-refractivity contribution >= 4 is 69.1 Å². The van der Waals surface area contributed by atoms with Crippen LogP contribution in [-0.4, -0.2) is 123 Å². The zero-order valence-electron chi connectivity index (χ0n) is 38.8. The van der Waals surface area contributed by atoms with Crippen molar-refractivity contribution in [1.29, 1.82) is 0 Å². The molecule has 0 saturated carbocycles. The fourth-order valence-electron chi connectivity index (χ4n) is 6.39. The van der Waals surface area contributed by atoms with Crippen LogP contribution in [0.1, 0.15) is 97.6 Å². The summed E-state index contributed by atoms with van der Waals surface area (Å²) in [4.78, 5) is 88.3. The number of hydrogen-bond donors (Lipinski definition) is 9. The minimum Gasteiger partial charge on any atom is -0.386 e. The molecule has 1 saturated heterocycles. The summed E-state index contributed by atoms with van der Waals surface area (Å²) in [7, 11) is -16.4. The predicted molar refractivity (Wildman–Crippen MR) is 256 cm³/mol. The summed E-state index contributed by atoms with van der Waals surface area (Å²) in [5.74, 6) is -1.12. The number of amides is 2. The van der Waals surface area contributed by atoms with Gasteiger partial charge in [-0.25, -0.2) is 28.6 Å². The molecular weight excluding hydrogens is 987 g/mol. The summed E-state index contributed by atoms with van der Waals surface area (Å²) in [5, 5.41) is 26.4. The highest BCUT2D eigenvalue weighted by Crippen LogP contribution is 2.61. The molecule has 7 atom stereocenters. The number of imidazole rings is 1. The Kier molecular flexibility index (Phi) is 25.8. The van der Waals surface area contributed by atoms with Gasteiger partial charge in [0.15, 0.2) is 17.7 Å². The number of aliphatic hydroxyl groups excluding tert-OH is 2. The zero-order valence-corrected chi connectivity index (χ0v) is 42.3. The van der Waals surface area contributed by atoms with Crippen LogP contribution in [0.4, 0.5) is 5.82 Å². The van der Waals surface area contributed by atoms with Gasteiger partial charge < -0.3 is 50.9 Å². The number of nitrogens with two attached hydrogens (primary N) is 1. The van der Waals surface area contributed by atoms with Gasteiger partial charge in [0.05, 0.1) is 19.5 Å². The third-order valence-corrected chi connectivity index (χ3v) is 14.0. The molecule has 0 bridgehead atoms. The van der Waals surface area contributed by atoms with Crippen molar-refractivity contribution in [3.8, 4) is 0 Å². The van der Waals surface area contributed by atoms with Crippen molar-refractivity contribution in [3.05, 3.63) is 61.3 Å². The standard InChI is InChI=1S/C41H66N7O17P3S/c1-4-5-6-7-8-9-10-11-12-13-14-15-16-17-18-19-20-21-32(50)69-25-24-43-31(49)22-23-44-39(53)36(52)41(2,3)27-62-68(59,60)65-67(57,58)61-26-30-35(64-66(54,55)56)34(51)40(63-30)48-29-47-33-37(42)45-28-46-38(33)48/h5-6,8-9,11-12,20-21,28-30,34-36,40,51-52H,4,7,10,13-19,22-27H2,1-3H3,(H,43,49)(H,44,53)(H,57,58)(H,59,60)(H2,42,45,46)(H2,54,55,56)/b6-5-,9-8-,12-11-,21-20+/t30-,34-,35-,36+,40-/m1/s1. The van der Waals surface area contributed by atoms with E-state index in [4.69, 9.17) is 19.5 Å². The van der Waals surface area contributed by atoms with Crippen molar-refractivity contribution in [2.24, 2.45) is 5.41 Å². The number of ether oxygens (including phenoxy) is 1. The van der Waals surface area contributed by atoms with Crippen molar-refractivity contribution in [2.75, 3.05) is 37.8 Å². The van der Waals surface area contributed by atoms with Gasteiger partial charge in [-0.2, -0.15) is 4.31 Å². The summed E-state index contributed by atoms with van der Waals surface area (Å²) in [6.45, 7) is 2.62. The van der Waals surface area contributed by atoms with Crippen LogP contribution in [0.5, 0.6) is 0 Å². The van der Waals surface area contributed by atoms with Gasteiger partial charge in [0.2, 0.25) is 16.9 Å². The van der Waals surface area contributed by atoms with E-state index >= 15 is 0 Å². The Bertz CT molecular complexity index is 2220. The number of hydrogen-bond acceptors (Lipinski definition) is 18. The van der Waals surface area contributed by atoms with Gasteiger partial charge in [0, 0.05) is 30.7 Å². The lowest BCUT2D eigenvalue weighted by atomic mass is 9.87. The largest absolute Gasteiger partial charge is 0.481 e. The number of anilines is 1. The molecule has 1 aliphatic rings. The number of aliphatic hydroxyl groups is 2. The van der Waals surface area contributed by atoms with E-state index in [1.165, 1.54) is 26.3 Å². The molecule has 3 heterocycles. The number of fused-ring (bicyclic) bond motifs is 1. The molecule has 388 valence electrons. The van der Waals surface area contributed by atoms with E-state index in [9.17, 15) is 57.9 Å². The summed E-state index contributed by atoms with van der Waals surface area (Å²) >= 11 is 1.06. The fourth-order valence-corrected chi connectivity index (χ4v) is 9.82. The lowest BCUT2D eigenvalue weighted by molar-refractivity contribution is -0.137. The molecular formula is C41H66N7O17P3S. The number of rotatable bonds is 33. The smallest absolute Gasteiger partial charge is 0.386 e. The van der Waals surface area contributed by atoms with Gasteiger partial charge in [0.25, 0.3) is 0 Å². The van der Waals surface area contributed by atoms with Crippen LogP contribution in [0.2, 0.25) is 0 Å². The maximum atomic E-state index is 12.7. The first kappa shape index (κ1) is 59.8. The Morgan fingerprint density at radius 1 is 0.899 bits per heavy atom. The highest BCUT2D eigenvalue weighted by Gasteiger charge is 2.50. The number of nitrogens with zero attached hydrogens (tertiary/aromatic N) is 4. The molecule has 28 heteroatoms. The first-order valence-corrected chi connectivity index (χ1v) is 27.7. The van der Waals surface area contributed by atoms with Gasteiger partial charge in [-0.3, -0.25) is 32.5 Å². The second-order valence-electron chi connectivity index (χ2n) is 16.3. The molecule has 2 unspecified atom stereocenters. The first-order chi connectivity index (χ1) is 32.6. The highest BCUT2D eigenvalue weighted by atomic mass is 32.2. The van der Waals surface area contributed by atoms with Crippen LogP contribution in [0.15, 0.2) is 61.3 Å². The van der Waals surface area contributed by atoms with Crippen molar-refractivity contribution in [1.82, 2.24) is 30.2 Å². The maximum absolute atomic E-state index is 12.7. The Hall–Kier alpha value is -3.48. The number of unbranched alkanes of at least 4 members (excludes halogenated alkanes) is 6. The molecule has 0 spiro atoms. The Morgan fingerprint density at radius 3 is 2.22 bits per heavy atom. The van der Waals surface area contributed by atoms with Crippen molar-refractivity contribution < 1.29 is 80.5 Å². The van der Waals surface area contributed by atoms with E-state index in [0.717, 1.165) is 86.8 Å². The molecule has 2 aromatic rings. The molecule has 1 aliphatic heterocycles. The number of allylic oxidation sites excluding steroid dienone is 7. The number of phosphoric acid groups is 3. The van der Waals surface area contributed by atoms with E-state index in [1.807, 2.05) is 6.08 Å². The van der Waals surface area contributed by atoms with E-state index in [2.05, 4.69) is 77.8 Å². The number of phosphoric ester groups is 3. The SMILES string of the molecule is CC/C=C\C/C=C\C/C=C\CCCCCCC/C=C/C(=O)SCCNC(=O)CCNC(=O)[C@H](O)C(C)(C)COP(=O)(O)OP(=O)(O)OC[C@H]1O[C@@H](n2cnc3c(N)ncnc32)[C@H](O)[C@@H]1OP(=O)(O)O. The molecule has 10 N–H and O–H groups in total. The number of nitrogens with one attached hydrogen (secondary N) is 2. The van der Waals surface area contributed by atoms with Gasteiger partial charge in [0.1, 0.15) is 36.3 Å². The number of carbonyl (C=O) groups excluding carboxylic acids is 3. The number of carbonyl (C=O) groups is 3. The number of nitrogen functional groups attached to an aromatic ring is 1. The Labute approximate surface area is 405 Å². The Balaban J connectivity index is 1.30. The lowest BCUT2D eigenvalue weighted by Crippen LogP contribution is -2.46. The van der Waals surface area contributed by atoms with Gasteiger partial charge in [-0.05, 0) is 51.0 Å². The molecule has 3 rings (SSSR count). The molecule has 24 nitrogen and oxygen atoms in total. The summed E-state index contributed by atoms with van der Waals surface area (Å²) in [6, 6.07) is 0. The zero-order chi connectivity index (χ0) is 51.1. The van der Waals surface area contributed by atoms with Crippen LogP contribution in [0.25, 0.3) is 11.2 Å². The van der Waals surface area contributed by atoms with Gasteiger partial charge >= 0.3 is 23.5 Å². The first-order valence-electron chi connectivity index (χ1n) is 22.2. The molecule has 2 amide bonds. The molecule has 1 fully saturated rings. The second kappa shape index (κ2) is 29.8. The molecule has 0 radical (unpaired) electrons. The van der Waals surface area contributed by atoms with Crippen LogP contribution >= 0.6 is 35.2 Å². The monoisotopic (exact) mass is 1050 g/mol. The van der Waals surface area contributed by atoms with Crippen LogP contribution in [-0.2, 0) is 50.7 Å². The molecule has 2 aromatic heterocycles. The third kappa shape index (κ3) is 22.6. The van der Waals surface area contributed by atoms with Crippen LogP contribution in [0.3, 0.4) is 0 Å². The molecule has 69 heavy (non-hydrogen) atoms. The minimum absolute atomic E-state index is 0.0305. The lowest BCUT2D eigenvalue weighted by Gasteiger charge is -2.30. The molecule has 0 aromatic carbocycles. The highest BCUT2D eigenvalue weighted by molar-refractivity contribution is 8.14. The Morgan fingerprint density at radius 2 is 1.54 bits per heavy atom. The summed E-state index contributed by atoms with van der Waals surface area (Å²) < 4.78 is 62.4. The number of thioether (sulfide) groups is 1. The average molecular weight is 1050 g/mol. The van der Waals surface area contributed by atoms with Crippen molar-refractivity contribution in [2.45, 2.75) is 122 Å². The van der Waals surface area contributed by atoms with E-state index in [0.29, 0.717) is 5.75 Å². The second-order valence-corrected chi connectivity index (χ2v) is 21.6. The summed E-state index contributed by atoms with van der Waals surface area (Å²) in [5.41, 5.74) is 4.27. The van der Waals surface area contributed by atoms with E-state index in [-0.39, 0.29) is 41.6 Å². The van der Waals surface area contributed by atoms with E-state index < -0.39 is 84.6 Å². The fraction of sp³-hybridized carbons (Fsp3) is 0.610. The van der Waals surface area contributed by atoms with Crippen LogP contribution in [0, 0.1) is 5.41 Å². The van der Waals surface area contributed by atoms with Crippen molar-refractivity contribution in [3.63, 3.8) is 0 Å². The van der Waals surface area contributed by atoms with Gasteiger partial charge in [-0.1, -0.05) is 94.3 Å². The quantitative estimate of drug-likeness (QED) is 0.0200. The van der Waals surface area contributed by atoms with Crippen LogP contribution < -0.4 is 16.4 Å². The predicted octanol–water partition coefficient (Wildman–Crippen LogP) is 4.81.